The predicted octanol–water partition coefficient (Wildman–Crippen LogP) is 3.21. The molecule has 1 heterocycles. The zero-order valence-electron chi connectivity index (χ0n) is 12.5. The fourth-order valence-corrected chi connectivity index (χ4v) is 3.28. The molecule has 0 bridgehead atoms. The molecule has 0 fully saturated rings. The Balaban J connectivity index is 1.75. The minimum Gasteiger partial charge on any atom is -0.324 e. The molecule has 23 heavy (non-hydrogen) atoms. The van der Waals surface area contributed by atoms with Gasteiger partial charge in [-0.15, -0.1) is 11.8 Å². The van der Waals surface area contributed by atoms with Crippen LogP contribution in [0.5, 0.6) is 0 Å². The lowest BCUT2D eigenvalue weighted by Gasteiger charge is -2.28. The van der Waals surface area contributed by atoms with Gasteiger partial charge in [-0.2, -0.15) is 0 Å². The number of thioether (sulfide) groups is 1. The lowest BCUT2D eigenvalue weighted by atomic mass is 10.2. The van der Waals surface area contributed by atoms with E-state index in [1.165, 1.54) is 22.7 Å². The molecule has 3 rings (SSSR count). The van der Waals surface area contributed by atoms with Crippen LogP contribution in [0, 0.1) is 12.7 Å². The molecule has 0 atom stereocenters. The molecule has 0 spiro atoms. The minimum absolute atomic E-state index is 0.0914. The molecule has 0 radical (unpaired) electrons. The Bertz CT molecular complexity index is 779. The first-order valence-electron chi connectivity index (χ1n) is 7.13. The molecular weight excluding hydrogens is 315 g/mol. The maximum atomic E-state index is 13.5. The van der Waals surface area contributed by atoms with Crippen molar-refractivity contribution < 1.29 is 14.0 Å². The number of halogens is 1. The van der Waals surface area contributed by atoms with Gasteiger partial charge in [-0.25, -0.2) is 4.39 Å². The maximum absolute atomic E-state index is 13.5. The van der Waals surface area contributed by atoms with Crippen LogP contribution < -0.4 is 10.2 Å². The molecule has 6 heteroatoms. The largest absolute Gasteiger partial charge is 0.324 e. The summed E-state index contributed by atoms with van der Waals surface area (Å²) in [5.74, 6) is -0.537. The van der Waals surface area contributed by atoms with Crippen molar-refractivity contribution in [3.05, 3.63) is 53.8 Å². The molecule has 2 aromatic carbocycles. The van der Waals surface area contributed by atoms with E-state index in [4.69, 9.17) is 0 Å². The smallest absolute Gasteiger partial charge is 0.244 e. The van der Waals surface area contributed by atoms with Gasteiger partial charge in [-0.1, -0.05) is 18.2 Å². The number of benzene rings is 2. The highest BCUT2D eigenvalue weighted by Crippen LogP contribution is 2.34. The van der Waals surface area contributed by atoms with E-state index in [1.807, 2.05) is 24.3 Å². The molecule has 118 valence electrons. The molecule has 1 N–H and O–H groups in total. The third kappa shape index (κ3) is 3.37. The third-order valence-corrected chi connectivity index (χ3v) is 4.61. The van der Waals surface area contributed by atoms with Crippen LogP contribution in [-0.4, -0.2) is 24.1 Å². The van der Waals surface area contributed by atoms with Gasteiger partial charge < -0.3 is 10.2 Å². The summed E-state index contributed by atoms with van der Waals surface area (Å²) in [5.41, 5.74) is 1.63. The summed E-state index contributed by atoms with van der Waals surface area (Å²) in [6, 6.07) is 12.0. The van der Waals surface area contributed by atoms with Crippen molar-refractivity contribution in [3.8, 4) is 0 Å². The fourth-order valence-electron chi connectivity index (χ4n) is 2.34. The van der Waals surface area contributed by atoms with E-state index in [9.17, 15) is 14.0 Å². The Hall–Kier alpha value is -2.34. The van der Waals surface area contributed by atoms with Crippen LogP contribution >= 0.6 is 11.8 Å². The molecule has 0 saturated heterocycles. The third-order valence-electron chi connectivity index (χ3n) is 3.57. The van der Waals surface area contributed by atoms with E-state index in [0.717, 1.165) is 10.6 Å². The highest BCUT2D eigenvalue weighted by atomic mass is 32.2. The summed E-state index contributed by atoms with van der Waals surface area (Å²) in [5, 5.41) is 2.63. The van der Waals surface area contributed by atoms with Gasteiger partial charge in [0.2, 0.25) is 11.8 Å². The number of rotatable bonds is 3. The van der Waals surface area contributed by atoms with Gasteiger partial charge in [0.1, 0.15) is 12.4 Å². The first-order chi connectivity index (χ1) is 11.0. The SMILES string of the molecule is Cc1ccc(NC(=O)CN2C(=O)CSc3ccccc32)cc1F. The topological polar surface area (TPSA) is 49.4 Å². The number of hydrogen-bond acceptors (Lipinski definition) is 3. The van der Waals surface area contributed by atoms with Crippen LogP contribution in [0.25, 0.3) is 0 Å². The molecule has 2 amide bonds. The van der Waals surface area contributed by atoms with Gasteiger partial charge in [-0.3, -0.25) is 9.59 Å². The van der Waals surface area contributed by atoms with E-state index in [2.05, 4.69) is 5.32 Å². The Kier molecular flexibility index (Phi) is 4.34. The molecule has 1 aliphatic rings. The summed E-state index contributed by atoms with van der Waals surface area (Å²) < 4.78 is 13.5. The predicted molar refractivity (Wildman–Crippen MR) is 89.3 cm³/mol. The number of nitrogens with zero attached hydrogens (tertiary/aromatic N) is 1. The lowest BCUT2D eigenvalue weighted by molar-refractivity contribution is -0.120. The Morgan fingerprint density at radius 1 is 1.30 bits per heavy atom. The number of anilines is 2. The van der Waals surface area contributed by atoms with E-state index >= 15 is 0 Å². The Morgan fingerprint density at radius 3 is 2.87 bits per heavy atom. The Morgan fingerprint density at radius 2 is 2.09 bits per heavy atom. The number of amides is 2. The van der Waals surface area contributed by atoms with Crippen molar-refractivity contribution in [1.29, 1.82) is 0 Å². The van der Waals surface area contributed by atoms with E-state index < -0.39 is 0 Å². The lowest BCUT2D eigenvalue weighted by Crippen LogP contribution is -2.41. The summed E-state index contributed by atoms with van der Waals surface area (Å²) in [6.45, 7) is 1.56. The monoisotopic (exact) mass is 330 g/mol. The van der Waals surface area contributed by atoms with Crippen LogP contribution in [0.4, 0.5) is 15.8 Å². The number of carbonyl (C=O) groups is 2. The van der Waals surface area contributed by atoms with Crippen molar-refractivity contribution in [2.75, 3.05) is 22.5 Å². The standard InChI is InChI=1S/C17H15FN2O2S/c1-11-6-7-12(8-13(11)18)19-16(21)9-20-14-4-2-3-5-15(14)23-10-17(20)22/h2-8H,9-10H2,1H3,(H,19,21). The molecule has 4 nitrogen and oxygen atoms in total. The number of aryl methyl sites for hydroxylation is 1. The van der Waals surface area contributed by atoms with Crippen LogP contribution in [0.2, 0.25) is 0 Å². The molecule has 0 saturated carbocycles. The van der Waals surface area contributed by atoms with Crippen molar-refractivity contribution in [2.24, 2.45) is 0 Å². The van der Waals surface area contributed by atoms with Crippen LogP contribution in [0.3, 0.4) is 0 Å². The molecule has 1 aliphatic heterocycles. The van der Waals surface area contributed by atoms with E-state index in [-0.39, 0.29) is 24.2 Å². The average Bonchev–Trinajstić information content (AvgIpc) is 2.54. The molecule has 0 unspecified atom stereocenters. The van der Waals surface area contributed by atoms with Gasteiger partial charge in [0.15, 0.2) is 0 Å². The first kappa shape index (κ1) is 15.6. The highest BCUT2D eigenvalue weighted by molar-refractivity contribution is 8.00. The van der Waals surface area contributed by atoms with Crippen LogP contribution in [0.1, 0.15) is 5.56 Å². The number of hydrogen-bond donors (Lipinski definition) is 1. The second-order valence-corrected chi connectivity index (χ2v) is 6.27. The first-order valence-corrected chi connectivity index (χ1v) is 8.11. The minimum atomic E-state index is -0.376. The summed E-state index contributed by atoms with van der Waals surface area (Å²) in [4.78, 5) is 26.7. The second kappa shape index (κ2) is 6.42. The van der Waals surface area contributed by atoms with Crippen LogP contribution in [0.15, 0.2) is 47.4 Å². The summed E-state index contributed by atoms with van der Waals surface area (Å²) in [7, 11) is 0. The van der Waals surface area contributed by atoms with Gasteiger partial charge in [0.05, 0.1) is 11.4 Å². The molecule has 0 aromatic heterocycles. The number of carbonyl (C=O) groups excluding carboxylic acids is 2. The molecular formula is C17H15FN2O2S. The van der Waals surface area contributed by atoms with Crippen LogP contribution in [-0.2, 0) is 9.59 Å². The Labute approximate surface area is 137 Å². The van der Waals surface area contributed by atoms with Crippen molar-refractivity contribution in [3.63, 3.8) is 0 Å². The van der Waals surface area contributed by atoms with Gasteiger partial charge in [0, 0.05) is 10.6 Å². The second-order valence-electron chi connectivity index (χ2n) is 5.25. The van der Waals surface area contributed by atoms with Gasteiger partial charge in [-0.05, 0) is 36.8 Å². The number of nitrogens with one attached hydrogen (secondary N) is 1. The number of para-hydroxylation sites is 1. The summed E-state index contributed by atoms with van der Waals surface area (Å²) in [6.07, 6.45) is 0. The molecule has 0 aliphatic carbocycles. The van der Waals surface area contributed by atoms with Gasteiger partial charge in [0.25, 0.3) is 0 Å². The normalized spacial score (nSPS) is 13.7. The quantitative estimate of drug-likeness (QED) is 0.940. The van der Waals surface area contributed by atoms with Crippen molar-refractivity contribution >= 4 is 35.0 Å². The zero-order valence-corrected chi connectivity index (χ0v) is 13.3. The van der Waals surface area contributed by atoms with Crippen molar-refractivity contribution in [2.45, 2.75) is 11.8 Å². The van der Waals surface area contributed by atoms with Gasteiger partial charge >= 0.3 is 0 Å². The number of fused-ring (bicyclic) bond motifs is 1. The molecule has 2 aromatic rings. The summed E-state index contributed by atoms with van der Waals surface area (Å²) >= 11 is 1.46. The highest BCUT2D eigenvalue weighted by Gasteiger charge is 2.26. The zero-order chi connectivity index (χ0) is 16.4. The van der Waals surface area contributed by atoms with E-state index in [1.54, 1.807) is 19.1 Å². The maximum Gasteiger partial charge on any atom is 0.244 e. The van der Waals surface area contributed by atoms with E-state index in [0.29, 0.717) is 17.0 Å². The van der Waals surface area contributed by atoms with Crippen molar-refractivity contribution in [1.82, 2.24) is 0 Å². The fraction of sp³-hybridized carbons (Fsp3) is 0.176. The average molecular weight is 330 g/mol.